The predicted molar refractivity (Wildman–Crippen MR) is 577 cm³/mol. The number of nitrogens with zero attached hydrogens (tertiary/aromatic N) is 13. The Bertz CT molecular complexity index is 8970. The van der Waals surface area contributed by atoms with Crippen molar-refractivity contribution < 1.29 is 4.39 Å². The van der Waals surface area contributed by atoms with Crippen molar-refractivity contribution in [1.82, 2.24) is 64.8 Å². The fraction of sp³-hybridized carbons (Fsp3) is 0.0513. The van der Waals surface area contributed by atoms with Gasteiger partial charge in [0, 0.05) is 144 Å². The molecule has 0 aliphatic heterocycles. The Balaban J connectivity index is 0.000000104. The first-order valence-corrected chi connectivity index (χ1v) is 50.1. The van der Waals surface area contributed by atoms with E-state index < -0.39 is 0 Å². The minimum Gasteiger partial charge on any atom is -0.264 e. The summed E-state index contributed by atoms with van der Waals surface area (Å²) in [6.07, 6.45) is 9.68. The van der Waals surface area contributed by atoms with Crippen molar-refractivity contribution in [2.45, 2.75) is 38.0 Å². The SMILES string of the molecule is Clc1nc(-c2cccc3c2sc2cc(-c4ccccc4)ccc23)nc(C2CCCCC2)n1.Clc1nc(-c2ccccc2)nc(-c2cccc3c2sc2cc(-c4cccc(-c5ccccc5)c4)ccc23)n1.Clc1nc(-c2ccccc2)nc(-c2cccc3c2sc2cc(-c4ccccc4)ccc23)n1.Fc1cc(-c2nc(Cl)nc(-c3cccc4c3sc3cc(-c5cccnc5)ccc34)n2)c2ccccc2c1. The van der Waals surface area contributed by atoms with Gasteiger partial charge in [0.25, 0.3) is 0 Å². The van der Waals surface area contributed by atoms with E-state index in [4.69, 9.17) is 66.3 Å². The highest BCUT2D eigenvalue weighted by atomic mass is 35.5. The van der Waals surface area contributed by atoms with Crippen LogP contribution in [0.1, 0.15) is 43.8 Å². The number of benzene rings is 16. The molecular weight excluding hydrogens is 1880 g/mol. The number of halogens is 5. The zero-order valence-corrected chi connectivity index (χ0v) is 80.1. The summed E-state index contributed by atoms with van der Waals surface area (Å²) in [5, 5.41) is 12.0. The van der Waals surface area contributed by atoms with Crippen molar-refractivity contribution >= 4 is 183 Å². The number of rotatable bonds is 13. The molecule has 9 aromatic heterocycles. The molecule has 0 amide bonds. The molecule has 0 radical (unpaired) electrons. The number of aromatic nitrogens is 13. The molecule has 0 unspecified atom stereocenters. The highest BCUT2D eigenvalue weighted by Crippen LogP contribution is 2.48. The summed E-state index contributed by atoms with van der Waals surface area (Å²) < 4.78 is 23.9. The zero-order valence-electron chi connectivity index (χ0n) is 73.8. The van der Waals surface area contributed by atoms with Gasteiger partial charge in [-0.15, -0.1) is 45.3 Å². The summed E-state index contributed by atoms with van der Waals surface area (Å²) in [5.41, 5.74) is 18.1. The maximum Gasteiger partial charge on any atom is 0.226 e. The van der Waals surface area contributed by atoms with Crippen LogP contribution in [0.25, 0.3) is 227 Å². The Kier molecular flexibility index (Phi) is 24.6. The predicted octanol–water partition coefficient (Wildman–Crippen LogP) is 34.3. The molecule has 0 bridgehead atoms. The minimum absolute atomic E-state index is 0.0605. The maximum absolute atomic E-state index is 14.5. The lowest BCUT2D eigenvalue weighted by molar-refractivity contribution is 0.428. The number of pyridine rings is 1. The largest absolute Gasteiger partial charge is 0.264 e. The van der Waals surface area contributed by atoms with E-state index in [0.717, 1.165) is 104 Å². The normalized spacial score (nSPS) is 12.2. The molecule has 16 aromatic carbocycles. The number of thiophene rings is 4. The molecule has 13 nitrogen and oxygen atoms in total. The third-order valence-electron chi connectivity index (χ3n) is 25.0. The first kappa shape index (κ1) is 88.0. The Morgan fingerprint density at radius 2 is 0.532 bits per heavy atom. The van der Waals surface area contributed by atoms with Gasteiger partial charge in [-0.05, 0) is 193 Å². The molecule has 1 aliphatic rings. The van der Waals surface area contributed by atoms with Gasteiger partial charge in [-0.25, -0.2) is 29.3 Å². The van der Waals surface area contributed by atoms with E-state index in [0.29, 0.717) is 57.5 Å². The summed E-state index contributed by atoms with van der Waals surface area (Å²) in [6, 6.07) is 126. The van der Waals surface area contributed by atoms with Gasteiger partial charge in [-0.1, -0.05) is 317 Å². The van der Waals surface area contributed by atoms with Crippen LogP contribution in [0, 0.1) is 5.82 Å². The fourth-order valence-electron chi connectivity index (χ4n) is 18.4. The van der Waals surface area contributed by atoms with Crippen LogP contribution in [0.4, 0.5) is 4.39 Å². The number of hydrogen-bond acceptors (Lipinski definition) is 17. The maximum atomic E-state index is 14.5. The van der Waals surface area contributed by atoms with Gasteiger partial charge in [0.15, 0.2) is 40.8 Å². The van der Waals surface area contributed by atoms with Crippen LogP contribution in [0.15, 0.2) is 382 Å². The molecule has 1 aliphatic carbocycles. The molecule has 26 rings (SSSR count). The van der Waals surface area contributed by atoms with E-state index in [2.05, 4.69) is 288 Å². The van der Waals surface area contributed by atoms with E-state index in [1.165, 1.54) is 127 Å². The topological polar surface area (TPSA) is 168 Å². The Morgan fingerprint density at radius 1 is 0.223 bits per heavy atom. The summed E-state index contributed by atoms with van der Waals surface area (Å²) in [5.74, 6) is 4.66. The van der Waals surface area contributed by atoms with Crippen LogP contribution in [-0.4, -0.2) is 64.8 Å². The van der Waals surface area contributed by atoms with Gasteiger partial charge in [0.2, 0.25) is 21.1 Å². The van der Waals surface area contributed by atoms with Crippen LogP contribution in [0.2, 0.25) is 21.1 Å². The van der Waals surface area contributed by atoms with Crippen LogP contribution in [0.5, 0.6) is 0 Å². The molecule has 1 saturated carbocycles. The van der Waals surface area contributed by atoms with Crippen LogP contribution < -0.4 is 0 Å². The average molecular weight is 1950 g/mol. The summed E-state index contributed by atoms with van der Waals surface area (Å²) >= 11 is 32.4. The van der Waals surface area contributed by atoms with Crippen molar-refractivity contribution in [3.05, 3.63) is 415 Å². The second-order valence-corrected chi connectivity index (χ2v) is 39.2. The molecule has 0 saturated heterocycles. The fourth-order valence-corrected chi connectivity index (χ4v) is 24.0. The monoisotopic (exact) mass is 1950 g/mol. The van der Waals surface area contributed by atoms with Crippen LogP contribution in [-0.2, 0) is 0 Å². The zero-order chi connectivity index (χ0) is 93.4. The average Bonchev–Trinajstić information content (AvgIpc) is 1.63. The van der Waals surface area contributed by atoms with E-state index in [9.17, 15) is 4.39 Å². The third-order valence-corrected chi connectivity index (χ3v) is 30.5. The van der Waals surface area contributed by atoms with E-state index in [1.54, 1.807) is 51.5 Å². The van der Waals surface area contributed by atoms with Gasteiger partial charge in [0.1, 0.15) is 11.6 Å². The van der Waals surface area contributed by atoms with E-state index in [-0.39, 0.29) is 21.7 Å². The summed E-state index contributed by atoms with van der Waals surface area (Å²) in [7, 11) is 0. The Morgan fingerprint density at radius 3 is 0.942 bits per heavy atom. The second-order valence-electron chi connectivity index (χ2n) is 33.7. The highest BCUT2D eigenvalue weighted by molar-refractivity contribution is 7.27. The van der Waals surface area contributed by atoms with Crippen LogP contribution >= 0.6 is 91.8 Å². The third kappa shape index (κ3) is 18.2. The van der Waals surface area contributed by atoms with Gasteiger partial charge in [0.05, 0.1) is 0 Å². The first-order chi connectivity index (χ1) is 68.4. The number of hydrogen-bond donors (Lipinski definition) is 0. The molecular formula is C117H74Cl4FN13S4. The summed E-state index contributed by atoms with van der Waals surface area (Å²) in [6.45, 7) is 0. The van der Waals surface area contributed by atoms with Crippen molar-refractivity contribution in [3.8, 4) is 135 Å². The van der Waals surface area contributed by atoms with Gasteiger partial charge >= 0.3 is 0 Å². The highest BCUT2D eigenvalue weighted by Gasteiger charge is 2.26. The lowest BCUT2D eigenvalue weighted by atomic mass is 9.89. The van der Waals surface area contributed by atoms with Crippen molar-refractivity contribution in [2.75, 3.05) is 0 Å². The summed E-state index contributed by atoms with van der Waals surface area (Å²) in [4.78, 5) is 59.0. The van der Waals surface area contributed by atoms with E-state index >= 15 is 0 Å². The Labute approximate surface area is 833 Å². The minimum atomic E-state index is -0.359. The van der Waals surface area contributed by atoms with Gasteiger partial charge in [-0.2, -0.15) is 34.9 Å². The molecule has 0 spiro atoms. The molecule has 1 fully saturated rings. The van der Waals surface area contributed by atoms with Gasteiger partial charge < -0.3 is 0 Å². The number of fused-ring (bicyclic) bond motifs is 13. The second kappa shape index (κ2) is 38.8. The molecule has 666 valence electrons. The standard InChI is InChI=1S/C33H20ClN3S.C30H16ClFN4S.C27H22ClN3S.C27H16ClN3S/c34-33-36-31(22-11-5-2-6-12-22)35-32(37-33)28-16-8-15-27-26-18-17-25(20-29(26)38-30(27)28)24-14-7-13-23(19-24)21-9-3-1-4-10-21;31-30-35-28(34-29(36-30)25-15-20(32)13-18-5-1-2-7-21(18)25)24-9-3-8-23-22-11-10-17(14-26(22)37-27(23)24)19-6-4-12-33-16-19;2*28-27-30-25(18-10-5-2-6-11-18)29-26(31-27)22-13-7-12-21-20-15-14-19(16-23(20)32-24(21)22)17-8-3-1-4-9-17/h1-20H;1-16H;1,3-4,7-9,12-16,18H,2,5-6,10-11H2;1-16H. The molecule has 0 atom stereocenters. The lowest BCUT2D eigenvalue weighted by Gasteiger charge is -2.20. The van der Waals surface area contributed by atoms with Crippen molar-refractivity contribution in [2.24, 2.45) is 0 Å². The quantitative estimate of drug-likeness (QED) is 0.107. The van der Waals surface area contributed by atoms with E-state index in [1.807, 2.05) is 121 Å². The van der Waals surface area contributed by atoms with Gasteiger partial charge in [-0.3, -0.25) is 4.98 Å². The first-order valence-electron chi connectivity index (χ1n) is 45.3. The molecule has 22 heteroatoms. The molecule has 139 heavy (non-hydrogen) atoms. The van der Waals surface area contributed by atoms with Crippen LogP contribution in [0.3, 0.4) is 0 Å². The van der Waals surface area contributed by atoms with Crippen molar-refractivity contribution in [1.29, 1.82) is 0 Å². The smallest absolute Gasteiger partial charge is 0.226 e. The molecule has 25 aromatic rings. The molecule has 9 heterocycles. The molecule has 0 N–H and O–H groups in total. The Hall–Kier alpha value is -15.1. The van der Waals surface area contributed by atoms with Crippen molar-refractivity contribution in [3.63, 3.8) is 0 Å². The lowest BCUT2D eigenvalue weighted by Crippen LogP contribution is -2.10.